The maximum Gasteiger partial charge on any atom is 0.185 e. The van der Waals surface area contributed by atoms with E-state index in [1.807, 2.05) is 24.5 Å². The Hall–Kier alpha value is -1.46. The molecule has 2 aromatic rings. The molecular formula is C16H24N4S. The summed E-state index contributed by atoms with van der Waals surface area (Å²) in [4.78, 5) is 12.4. The van der Waals surface area contributed by atoms with Crippen LogP contribution < -0.4 is 10.2 Å². The van der Waals surface area contributed by atoms with E-state index >= 15 is 0 Å². The summed E-state index contributed by atoms with van der Waals surface area (Å²) in [6, 6.07) is 6.05. The zero-order valence-corrected chi connectivity index (χ0v) is 13.9. The molecule has 2 aromatic heterocycles. The zero-order valence-electron chi connectivity index (χ0n) is 13.0. The summed E-state index contributed by atoms with van der Waals surface area (Å²) in [7, 11) is 2.09. The average Bonchev–Trinajstić information content (AvgIpc) is 2.94. The number of hydrogen-bond acceptors (Lipinski definition) is 5. The number of rotatable bonds is 8. The smallest absolute Gasteiger partial charge is 0.185 e. The number of hydrogen-bond donors (Lipinski definition) is 1. The normalized spacial score (nSPS) is 11.0. The van der Waals surface area contributed by atoms with Crippen molar-refractivity contribution in [2.24, 2.45) is 5.92 Å². The maximum absolute atomic E-state index is 4.51. The molecule has 2 rings (SSSR count). The molecule has 2 heterocycles. The first-order chi connectivity index (χ1) is 10.1. The highest BCUT2D eigenvalue weighted by molar-refractivity contribution is 7.15. The molecule has 21 heavy (non-hydrogen) atoms. The van der Waals surface area contributed by atoms with Gasteiger partial charge in [-0.2, -0.15) is 0 Å². The van der Waals surface area contributed by atoms with Crippen LogP contribution in [0.2, 0.25) is 0 Å². The SMILES string of the molecule is CC(C)CNCc1cnc(N(C)CCc2ccccn2)s1. The largest absolute Gasteiger partial charge is 0.351 e. The first-order valence-corrected chi connectivity index (χ1v) is 8.23. The summed E-state index contributed by atoms with van der Waals surface area (Å²) in [5.74, 6) is 0.679. The van der Waals surface area contributed by atoms with E-state index < -0.39 is 0 Å². The van der Waals surface area contributed by atoms with Crippen LogP contribution in [-0.4, -0.2) is 30.1 Å². The lowest BCUT2D eigenvalue weighted by Crippen LogP contribution is -2.20. The van der Waals surface area contributed by atoms with Crippen molar-refractivity contribution in [1.29, 1.82) is 0 Å². The second kappa shape index (κ2) is 8.10. The first kappa shape index (κ1) is 15.9. The summed E-state index contributed by atoms with van der Waals surface area (Å²) in [5.41, 5.74) is 1.12. The van der Waals surface area contributed by atoms with Gasteiger partial charge in [0.05, 0.1) is 0 Å². The molecule has 0 radical (unpaired) electrons. The van der Waals surface area contributed by atoms with Gasteiger partial charge in [-0.3, -0.25) is 4.98 Å². The first-order valence-electron chi connectivity index (χ1n) is 7.41. The van der Waals surface area contributed by atoms with Crippen LogP contribution in [0, 0.1) is 5.92 Å². The summed E-state index contributed by atoms with van der Waals surface area (Å²) in [6.45, 7) is 7.32. The van der Waals surface area contributed by atoms with Gasteiger partial charge in [-0.15, -0.1) is 11.3 Å². The fourth-order valence-corrected chi connectivity index (χ4v) is 2.83. The fraction of sp³-hybridized carbons (Fsp3) is 0.500. The molecule has 4 nitrogen and oxygen atoms in total. The van der Waals surface area contributed by atoms with E-state index in [9.17, 15) is 0 Å². The highest BCUT2D eigenvalue weighted by Gasteiger charge is 2.07. The van der Waals surface area contributed by atoms with Gasteiger partial charge in [0.2, 0.25) is 0 Å². The molecule has 114 valence electrons. The topological polar surface area (TPSA) is 41.1 Å². The molecule has 0 aromatic carbocycles. The minimum absolute atomic E-state index is 0.679. The van der Waals surface area contributed by atoms with Crippen LogP contribution in [0.25, 0.3) is 0 Å². The third kappa shape index (κ3) is 5.44. The van der Waals surface area contributed by atoms with Gasteiger partial charge in [-0.05, 0) is 24.6 Å². The molecule has 0 saturated carbocycles. The predicted octanol–water partition coefficient (Wildman–Crippen LogP) is 2.96. The minimum atomic E-state index is 0.679. The van der Waals surface area contributed by atoms with Crippen molar-refractivity contribution >= 4 is 16.5 Å². The summed E-state index contributed by atoms with van der Waals surface area (Å²) in [5, 5.41) is 4.53. The van der Waals surface area contributed by atoms with Crippen molar-refractivity contribution in [3.63, 3.8) is 0 Å². The third-order valence-electron chi connectivity index (χ3n) is 3.15. The molecule has 0 spiro atoms. The Kier molecular flexibility index (Phi) is 6.14. The van der Waals surface area contributed by atoms with Crippen LogP contribution in [0.5, 0.6) is 0 Å². The van der Waals surface area contributed by atoms with Crippen molar-refractivity contribution in [1.82, 2.24) is 15.3 Å². The fourth-order valence-electron chi connectivity index (χ4n) is 1.96. The Bertz CT molecular complexity index is 524. The second-order valence-electron chi connectivity index (χ2n) is 5.63. The Balaban J connectivity index is 1.80. The summed E-state index contributed by atoms with van der Waals surface area (Å²) < 4.78 is 0. The predicted molar refractivity (Wildman–Crippen MR) is 89.9 cm³/mol. The van der Waals surface area contributed by atoms with E-state index in [1.165, 1.54) is 4.88 Å². The van der Waals surface area contributed by atoms with Crippen LogP contribution in [0.3, 0.4) is 0 Å². The molecule has 5 heteroatoms. The highest BCUT2D eigenvalue weighted by atomic mass is 32.1. The average molecular weight is 304 g/mol. The van der Waals surface area contributed by atoms with Crippen molar-refractivity contribution < 1.29 is 0 Å². The standard InChI is InChI=1S/C16H24N4S/c1-13(2)10-17-11-15-12-19-16(21-15)20(3)9-7-14-6-4-5-8-18-14/h4-6,8,12-13,17H,7,9-11H2,1-3H3. The molecule has 0 aliphatic carbocycles. The maximum atomic E-state index is 4.51. The Labute approximate surface area is 131 Å². The van der Waals surface area contributed by atoms with E-state index in [0.717, 1.165) is 36.9 Å². The molecule has 1 N–H and O–H groups in total. The van der Waals surface area contributed by atoms with Crippen LogP contribution in [0.4, 0.5) is 5.13 Å². The van der Waals surface area contributed by atoms with Gasteiger partial charge in [-0.1, -0.05) is 19.9 Å². The number of pyridine rings is 1. The molecule has 0 aliphatic heterocycles. The number of thiazole rings is 1. The Morgan fingerprint density at radius 2 is 2.14 bits per heavy atom. The summed E-state index contributed by atoms with van der Waals surface area (Å²) >= 11 is 1.76. The highest BCUT2D eigenvalue weighted by Crippen LogP contribution is 2.21. The van der Waals surface area contributed by atoms with Crippen molar-refractivity contribution in [2.75, 3.05) is 25.0 Å². The Morgan fingerprint density at radius 1 is 1.29 bits per heavy atom. The number of likely N-dealkylation sites (N-methyl/N-ethyl adjacent to an activating group) is 1. The molecule has 0 saturated heterocycles. The second-order valence-corrected chi connectivity index (χ2v) is 6.72. The number of aromatic nitrogens is 2. The van der Waals surface area contributed by atoms with Crippen LogP contribution in [0.15, 0.2) is 30.6 Å². The third-order valence-corrected chi connectivity index (χ3v) is 4.26. The number of nitrogens with zero attached hydrogens (tertiary/aromatic N) is 3. The van der Waals surface area contributed by atoms with Crippen molar-refractivity contribution in [3.05, 3.63) is 41.2 Å². The lowest BCUT2D eigenvalue weighted by molar-refractivity contribution is 0.554. The monoisotopic (exact) mass is 304 g/mol. The molecule has 0 fully saturated rings. The number of nitrogens with one attached hydrogen (secondary N) is 1. The van der Waals surface area contributed by atoms with Gasteiger partial charge in [0.15, 0.2) is 5.13 Å². The van der Waals surface area contributed by atoms with E-state index in [-0.39, 0.29) is 0 Å². The van der Waals surface area contributed by atoms with Gasteiger partial charge in [0, 0.05) is 49.5 Å². The van der Waals surface area contributed by atoms with Gasteiger partial charge < -0.3 is 10.2 Å². The van der Waals surface area contributed by atoms with Crippen LogP contribution in [0.1, 0.15) is 24.4 Å². The molecule has 0 atom stereocenters. The molecular weight excluding hydrogens is 280 g/mol. The lowest BCUT2D eigenvalue weighted by atomic mass is 10.2. The molecule has 0 unspecified atom stereocenters. The van der Waals surface area contributed by atoms with Crippen LogP contribution in [-0.2, 0) is 13.0 Å². The van der Waals surface area contributed by atoms with E-state index in [1.54, 1.807) is 11.3 Å². The van der Waals surface area contributed by atoms with E-state index in [4.69, 9.17) is 0 Å². The van der Waals surface area contributed by atoms with Crippen molar-refractivity contribution in [2.45, 2.75) is 26.8 Å². The quantitative estimate of drug-likeness (QED) is 0.814. The summed E-state index contributed by atoms with van der Waals surface area (Å²) in [6.07, 6.45) is 4.76. The number of anilines is 1. The van der Waals surface area contributed by atoms with E-state index in [2.05, 4.69) is 47.1 Å². The Morgan fingerprint density at radius 3 is 2.86 bits per heavy atom. The lowest BCUT2D eigenvalue weighted by Gasteiger charge is -2.15. The van der Waals surface area contributed by atoms with Gasteiger partial charge in [0.1, 0.15) is 0 Å². The van der Waals surface area contributed by atoms with Crippen LogP contribution >= 0.6 is 11.3 Å². The zero-order chi connectivity index (χ0) is 15.1. The van der Waals surface area contributed by atoms with Gasteiger partial charge in [-0.25, -0.2) is 4.98 Å². The molecule has 0 amide bonds. The molecule has 0 aliphatic rings. The minimum Gasteiger partial charge on any atom is -0.351 e. The molecule has 0 bridgehead atoms. The van der Waals surface area contributed by atoms with E-state index in [0.29, 0.717) is 5.92 Å². The van der Waals surface area contributed by atoms with Gasteiger partial charge in [0.25, 0.3) is 0 Å². The van der Waals surface area contributed by atoms with Gasteiger partial charge >= 0.3 is 0 Å². The van der Waals surface area contributed by atoms with Crippen molar-refractivity contribution in [3.8, 4) is 0 Å².